The third-order valence-electron chi connectivity index (χ3n) is 5.00. The first-order valence-electron chi connectivity index (χ1n) is 9.56. The number of para-hydroxylation sites is 1. The van der Waals surface area contributed by atoms with Gasteiger partial charge in [-0.1, -0.05) is 66.2 Å². The summed E-state index contributed by atoms with van der Waals surface area (Å²) in [7, 11) is -3.75. The van der Waals surface area contributed by atoms with Crippen LogP contribution in [0.15, 0.2) is 95.5 Å². The van der Waals surface area contributed by atoms with Crippen LogP contribution >= 0.6 is 0 Å². The molecule has 1 heterocycles. The highest BCUT2D eigenvalue weighted by molar-refractivity contribution is 7.90. The predicted octanol–water partition coefficient (Wildman–Crippen LogP) is 5.34. The van der Waals surface area contributed by atoms with E-state index in [0.29, 0.717) is 17.5 Å². The summed E-state index contributed by atoms with van der Waals surface area (Å²) in [6, 6.07) is 26.1. The predicted molar refractivity (Wildman–Crippen MR) is 119 cm³/mol. The molecule has 0 aliphatic carbocycles. The van der Waals surface area contributed by atoms with Crippen LogP contribution in [0.3, 0.4) is 0 Å². The Morgan fingerprint density at radius 1 is 0.967 bits per heavy atom. The molecule has 1 aromatic heterocycles. The molecule has 0 unspecified atom stereocenters. The molecule has 4 aromatic rings. The molecule has 0 saturated heterocycles. The largest absolute Gasteiger partial charge is 0.268 e. The first kappa shape index (κ1) is 19.7. The average Bonchev–Trinajstić information content (AvgIpc) is 3.14. The maximum Gasteiger partial charge on any atom is 0.268 e. The van der Waals surface area contributed by atoms with Crippen LogP contribution in [0.2, 0.25) is 0 Å². The van der Waals surface area contributed by atoms with Gasteiger partial charge in [0.1, 0.15) is 0 Å². The summed E-state index contributed by atoms with van der Waals surface area (Å²) < 4.78 is 27.9. The van der Waals surface area contributed by atoms with Crippen LogP contribution in [-0.2, 0) is 16.4 Å². The van der Waals surface area contributed by atoms with Crippen molar-refractivity contribution in [2.75, 3.05) is 0 Å². The van der Waals surface area contributed by atoms with Crippen molar-refractivity contribution < 1.29 is 8.42 Å². The lowest BCUT2D eigenvalue weighted by Crippen LogP contribution is -2.11. The molecule has 0 spiro atoms. The number of aromatic nitrogens is 1. The number of benzene rings is 3. The summed E-state index contributed by atoms with van der Waals surface area (Å²) in [6.45, 7) is 1.92. The first-order valence-corrected chi connectivity index (χ1v) is 11.0. The normalized spacial score (nSPS) is 12.1. The molecule has 0 atom stereocenters. The zero-order chi connectivity index (χ0) is 21.1. The van der Waals surface area contributed by atoms with E-state index in [1.54, 1.807) is 36.5 Å². The number of rotatable bonds is 5. The zero-order valence-corrected chi connectivity index (χ0v) is 17.3. The minimum absolute atomic E-state index is 0.237. The molecular formula is C25H20N2O2S. The van der Waals surface area contributed by atoms with Crippen molar-refractivity contribution >= 4 is 27.0 Å². The van der Waals surface area contributed by atoms with Gasteiger partial charge < -0.3 is 0 Å². The Kier molecular flexibility index (Phi) is 5.26. The SMILES string of the molecule is Cc1ccc(S(=O)(=O)n2cc(CC(C#N)=Cc3ccccc3)c3ccccc32)cc1. The van der Waals surface area contributed by atoms with E-state index in [9.17, 15) is 13.7 Å². The molecule has 3 aromatic carbocycles. The number of nitrogens with zero attached hydrogens (tertiary/aromatic N) is 2. The molecule has 5 heteroatoms. The fourth-order valence-electron chi connectivity index (χ4n) is 3.46. The Bertz CT molecular complexity index is 1370. The molecule has 0 radical (unpaired) electrons. The lowest BCUT2D eigenvalue weighted by molar-refractivity contribution is 0.589. The van der Waals surface area contributed by atoms with Crippen molar-refractivity contribution in [3.05, 3.63) is 107 Å². The van der Waals surface area contributed by atoms with Crippen molar-refractivity contribution in [3.8, 4) is 6.07 Å². The Morgan fingerprint density at radius 3 is 2.33 bits per heavy atom. The molecule has 0 N–H and O–H groups in total. The van der Waals surface area contributed by atoms with Gasteiger partial charge in [0.05, 0.1) is 16.5 Å². The maximum atomic E-state index is 13.3. The lowest BCUT2D eigenvalue weighted by atomic mass is 10.0. The average molecular weight is 413 g/mol. The minimum Gasteiger partial charge on any atom is -0.241 e. The standard InChI is InChI=1S/C25H20N2O2S/c1-19-11-13-23(14-12-19)30(28,29)27-18-22(24-9-5-6-10-25(24)27)16-21(17-26)15-20-7-3-2-4-8-20/h2-15,18H,16H2,1H3. The topological polar surface area (TPSA) is 62.9 Å². The van der Waals surface area contributed by atoms with Crippen molar-refractivity contribution in [1.82, 2.24) is 3.97 Å². The summed E-state index contributed by atoms with van der Waals surface area (Å²) in [5.74, 6) is 0. The van der Waals surface area contributed by atoms with E-state index in [0.717, 1.165) is 22.1 Å². The van der Waals surface area contributed by atoms with Crippen LogP contribution in [0.5, 0.6) is 0 Å². The molecule has 0 fully saturated rings. The number of allylic oxidation sites excluding steroid dienone is 1. The van der Waals surface area contributed by atoms with E-state index < -0.39 is 10.0 Å². The van der Waals surface area contributed by atoms with Crippen molar-refractivity contribution in [2.24, 2.45) is 0 Å². The van der Waals surface area contributed by atoms with Crippen molar-refractivity contribution in [1.29, 1.82) is 5.26 Å². The fraction of sp³-hybridized carbons (Fsp3) is 0.0800. The van der Waals surface area contributed by atoms with Gasteiger partial charge in [-0.2, -0.15) is 5.26 Å². The quantitative estimate of drug-likeness (QED) is 0.416. The lowest BCUT2D eigenvalue weighted by Gasteiger charge is -2.07. The Labute approximate surface area is 176 Å². The van der Waals surface area contributed by atoms with Gasteiger partial charge in [-0.25, -0.2) is 12.4 Å². The van der Waals surface area contributed by atoms with Crippen LogP contribution < -0.4 is 0 Å². The molecule has 4 nitrogen and oxygen atoms in total. The van der Waals surface area contributed by atoms with Crippen LogP contribution in [0.25, 0.3) is 17.0 Å². The van der Waals surface area contributed by atoms with E-state index in [2.05, 4.69) is 6.07 Å². The Morgan fingerprint density at radius 2 is 1.63 bits per heavy atom. The van der Waals surface area contributed by atoms with Gasteiger partial charge in [-0.3, -0.25) is 0 Å². The molecule has 0 saturated carbocycles. The molecular weight excluding hydrogens is 392 g/mol. The molecule has 4 rings (SSSR count). The second-order valence-electron chi connectivity index (χ2n) is 7.15. The second-order valence-corrected chi connectivity index (χ2v) is 8.97. The van der Waals surface area contributed by atoms with Crippen LogP contribution in [0.4, 0.5) is 0 Å². The summed E-state index contributed by atoms with van der Waals surface area (Å²) in [6.07, 6.45) is 3.82. The fourth-order valence-corrected chi connectivity index (χ4v) is 4.85. The van der Waals surface area contributed by atoms with Crippen molar-refractivity contribution in [2.45, 2.75) is 18.2 Å². The molecule has 30 heavy (non-hydrogen) atoms. The number of nitriles is 1. The van der Waals surface area contributed by atoms with Gasteiger partial charge in [0.15, 0.2) is 0 Å². The van der Waals surface area contributed by atoms with Crippen LogP contribution in [-0.4, -0.2) is 12.4 Å². The minimum atomic E-state index is -3.75. The molecule has 0 amide bonds. The van der Waals surface area contributed by atoms with E-state index in [1.807, 2.05) is 61.5 Å². The van der Waals surface area contributed by atoms with E-state index in [-0.39, 0.29) is 4.90 Å². The van der Waals surface area contributed by atoms with E-state index in [1.165, 1.54) is 3.97 Å². The summed E-state index contributed by atoms with van der Waals surface area (Å²) in [4.78, 5) is 0.237. The summed E-state index contributed by atoms with van der Waals surface area (Å²) in [5.41, 5.74) is 3.90. The van der Waals surface area contributed by atoms with Crippen LogP contribution in [0.1, 0.15) is 16.7 Å². The molecule has 0 bridgehead atoms. The van der Waals surface area contributed by atoms with Crippen molar-refractivity contribution in [3.63, 3.8) is 0 Å². The van der Waals surface area contributed by atoms with Gasteiger partial charge in [-0.05, 0) is 42.3 Å². The van der Waals surface area contributed by atoms with Crippen LogP contribution in [0, 0.1) is 18.3 Å². The zero-order valence-electron chi connectivity index (χ0n) is 16.5. The Hall–Kier alpha value is -3.62. The smallest absolute Gasteiger partial charge is 0.241 e. The van der Waals surface area contributed by atoms with E-state index >= 15 is 0 Å². The van der Waals surface area contributed by atoms with Gasteiger partial charge in [0.2, 0.25) is 0 Å². The first-order chi connectivity index (χ1) is 14.5. The van der Waals surface area contributed by atoms with Gasteiger partial charge in [0.25, 0.3) is 10.0 Å². The molecule has 148 valence electrons. The maximum absolute atomic E-state index is 13.3. The summed E-state index contributed by atoms with van der Waals surface area (Å²) in [5, 5.41) is 10.5. The highest BCUT2D eigenvalue weighted by Gasteiger charge is 2.21. The Balaban J connectivity index is 1.81. The van der Waals surface area contributed by atoms with Gasteiger partial charge >= 0.3 is 0 Å². The number of aryl methyl sites for hydroxylation is 1. The molecule has 0 aliphatic rings. The number of hydrogen-bond donors (Lipinski definition) is 0. The third-order valence-corrected chi connectivity index (χ3v) is 6.69. The highest BCUT2D eigenvalue weighted by atomic mass is 32.2. The van der Waals surface area contributed by atoms with Gasteiger partial charge in [0, 0.05) is 23.6 Å². The third kappa shape index (κ3) is 3.78. The van der Waals surface area contributed by atoms with Gasteiger partial charge in [-0.15, -0.1) is 0 Å². The monoisotopic (exact) mass is 412 g/mol. The molecule has 0 aliphatic heterocycles. The van der Waals surface area contributed by atoms with E-state index in [4.69, 9.17) is 0 Å². The highest BCUT2D eigenvalue weighted by Crippen LogP contribution is 2.28. The number of fused-ring (bicyclic) bond motifs is 1. The summed E-state index contributed by atoms with van der Waals surface area (Å²) >= 11 is 0. The number of hydrogen-bond acceptors (Lipinski definition) is 3. The second kappa shape index (κ2) is 8.02.